The molecule has 0 amide bonds. The molecular weight excluding hydrogens is 671 g/mol. The molecule has 0 unspecified atom stereocenters. The van der Waals surface area contributed by atoms with Crippen LogP contribution in [0.2, 0.25) is 0 Å². The average Bonchev–Trinajstić information content (AvgIpc) is 3.89. The number of aromatic nitrogens is 3. The summed E-state index contributed by atoms with van der Waals surface area (Å²) < 4.78 is 6.91. The maximum absolute atomic E-state index is 10.3. The molecule has 0 aliphatic carbocycles. The van der Waals surface area contributed by atoms with Crippen LogP contribution >= 0.6 is 0 Å². The molecule has 5 nitrogen and oxygen atoms in total. The van der Waals surface area contributed by atoms with Crippen LogP contribution in [0.4, 0.5) is 0 Å². The molecule has 254 valence electrons. The summed E-state index contributed by atoms with van der Waals surface area (Å²) in [6.07, 6.45) is 0. The Hall–Kier alpha value is -7.86. The zero-order valence-electron chi connectivity index (χ0n) is 29.5. The van der Waals surface area contributed by atoms with Crippen LogP contribution in [-0.4, -0.2) is 13.7 Å². The van der Waals surface area contributed by atoms with Crippen molar-refractivity contribution in [3.8, 4) is 40.3 Å². The number of hydrogen-bond donors (Lipinski definition) is 0. The molecule has 0 bridgehead atoms. The first-order valence-corrected chi connectivity index (χ1v) is 18.3. The zero-order chi connectivity index (χ0) is 36.6. The third kappa shape index (κ3) is 4.39. The lowest BCUT2D eigenvalue weighted by Crippen LogP contribution is -2.02. The first kappa shape index (κ1) is 30.7. The van der Waals surface area contributed by atoms with Gasteiger partial charge in [0.15, 0.2) is 0 Å². The lowest BCUT2D eigenvalue weighted by Gasteiger charge is -2.19. The first-order chi connectivity index (χ1) is 27.2. The maximum Gasteiger partial charge on any atom is 0.101 e. The number of nitrogens with zero attached hydrogens (tertiary/aromatic N) is 5. The molecule has 11 rings (SSSR count). The maximum atomic E-state index is 10.3. The summed E-state index contributed by atoms with van der Waals surface area (Å²) in [6.45, 7) is 0. The molecule has 0 N–H and O–H groups in total. The monoisotopic (exact) mass is 699 g/mol. The Labute approximate surface area is 316 Å². The smallest absolute Gasteiger partial charge is 0.101 e. The van der Waals surface area contributed by atoms with Gasteiger partial charge in [0.2, 0.25) is 0 Å². The molecule has 0 saturated heterocycles. The van der Waals surface area contributed by atoms with Crippen molar-refractivity contribution in [3.05, 3.63) is 187 Å². The van der Waals surface area contributed by atoms with Gasteiger partial charge < -0.3 is 13.7 Å². The van der Waals surface area contributed by atoms with Crippen molar-refractivity contribution in [2.24, 2.45) is 0 Å². The third-order valence-corrected chi connectivity index (χ3v) is 11.1. The molecular formula is C50H29N5. The Kier molecular flexibility index (Phi) is 6.61. The number of hydrogen-bond acceptors (Lipinski definition) is 2. The van der Waals surface area contributed by atoms with Crippen LogP contribution in [0.5, 0.6) is 0 Å². The van der Waals surface area contributed by atoms with Gasteiger partial charge in [0.05, 0.1) is 61.7 Å². The molecule has 0 radical (unpaired) electrons. The summed E-state index contributed by atoms with van der Waals surface area (Å²) in [5.41, 5.74) is 12.4. The van der Waals surface area contributed by atoms with Crippen LogP contribution in [0.15, 0.2) is 176 Å². The molecule has 55 heavy (non-hydrogen) atoms. The van der Waals surface area contributed by atoms with Crippen molar-refractivity contribution in [3.63, 3.8) is 0 Å². The highest BCUT2D eigenvalue weighted by molar-refractivity contribution is 6.14. The lowest BCUT2D eigenvalue weighted by atomic mass is 9.98. The minimum atomic E-state index is 0.563. The van der Waals surface area contributed by atoms with Gasteiger partial charge in [0, 0.05) is 49.1 Å². The van der Waals surface area contributed by atoms with Crippen molar-refractivity contribution >= 4 is 65.4 Å². The first-order valence-electron chi connectivity index (χ1n) is 18.3. The highest BCUT2D eigenvalue weighted by atomic mass is 15.0. The molecule has 0 atom stereocenters. The highest BCUT2D eigenvalue weighted by Gasteiger charge is 2.22. The van der Waals surface area contributed by atoms with Gasteiger partial charge in [-0.3, -0.25) is 0 Å². The third-order valence-electron chi connectivity index (χ3n) is 11.1. The van der Waals surface area contributed by atoms with Crippen LogP contribution in [0, 0.1) is 22.7 Å². The van der Waals surface area contributed by atoms with Crippen molar-refractivity contribution in [1.82, 2.24) is 13.7 Å². The van der Waals surface area contributed by atoms with Crippen LogP contribution in [0.3, 0.4) is 0 Å². The fourth-order valence-electron chi connectivity index (χ4n) is 8.83. The fraction of sp³-hybridized carbons (Fsp3) is 0. The molecule has 0 aliphatic rings. The number of rotatable bonds is 4. The van der Waals surface area contributed by atoms with Gasteiger partial charge in [-0.25, -0.2) is 0 Å². The van der Waals surface area contributed by atoms with Gasteiger partial charge in [0.25, 0.3) is 0 Å². The van der Waals surface area contributed by atoms with Crippen LogP contribution in [0.25, 0.3) is 93.6 Å². The quantitative estimate of drug-likeness (QED) is 0.184. The predicted octanol–water partition coefficient (Wildman–Crippen LogP) is 12.4. The van der Waals surface area contributed by atoms with E-state index in [1.54, 1.807) is 0 Å². The minimum absolute atomic E-state index is 0.563. The van der Waals surface area contributed by atoms with Gasteiger partial charge >= 0.3 is 0 Å². The van der Waals surface area contributed by atoms with Crippen molar-refractivity contribution in [2.75, 3.05) is 0 Å². The van der Waals surface area contributed by atoms with E-state index in [4.69, 9.17) is 0 Å². The Bertz CT molecular complexity index is 3420. The fourth-order valence-corrected chi connectivity index (χ4v) is 8.83. The molecule has 0 fully saturated rings. The van der Waals surface area contributed by atoms with Crippen molar-refractivity contribution < 1.29 is 0 Å². The van der Waals surface area contributed by atoms with E-state index < -0.39 is 0 Å². The second kappa shape index (κ2) is 11.8. The molecule has 3 heterocycles. The molecule has 3 aromatic heterocycles. The number of para-hydroxylation sites is 6. The van der Waals surface area contributed by atoms with Gasteiger partial charge in [-0.2, -0.15) is 10.5 Å². The molecule has 5 heteroatoms. The van der Waals surface area contributed by atoms with E-state index in [0.29, 0.717) is 11.1 Å². The SMILES string of the molecule is N#Cc1ccc(-n2c3ccccc3c3cccc(C#N)c32)c(-c2ccccc2-n2c3ccccc3c3cc(-n4c5ccccc5c5ccccc54)ccc32)c1. The Morgan fingerprint density at radius 1 is 0.345 bits per heavy atom. The van der Waals surface area contributed by atoms with Gasteiger partial charge in [-0.1, -0.05) is 103 Å². The minimum Gasteiger partial charge on any atom is -0.309 e. The second-order valence-corrected chi connectivity index (χ2v) is 14.0. The molecule has 0 aliphatic heterocycles. The van der Waals surface area contributed by atoms with E-state index >= 15 is 0 Å². The van der Waals surface area contributed by atoms with E-state index in [1.807, 2.05) is 42.5 Å². The average molecular weight is 700 g/mol. The number of nitriles is 2. The Morgan fingerprint density at radius 3 is 1.55 bits per heavy atom. The van der Waals surface area contributed by atoms with E-state index in [1.165, 1.54) is 21.8 Å². The Balaban J connectivity index is 1.20. The van der Waals surface area contributed by atoms with Crippen LogP contribution < -0.4 is 0 Å². The van der Waals surface area contributed by atoms with Gasteiger partial charge in [0.1, 0.15) is 6.07 Å². The summed E-state index contributed by atoms with van der Waals surface area (Å²) in [5, 5.41) is 27.4. The second-order valence-electron chi connectivity index (χ2n) is 14.0. The van der Waals surface area contributed by atoms with E-state index in [0.717, 1.165) is 71.8 Å². The predicted molar refractivity (Wildman–Crippen MR) is 224 cm³/mol. The van der Waals surface area contributed by atoms with Crippen molar-refractivity contribution in [2.45, 2.75) is 0 Å². The van der Waals surface area contributed by atoms with E-state index in [-0.39, 0.29) is 0 Å². The molecule has 8 aromatic carbocycles. The summed E-state index contributed by atoms with van der Waals surface area (Å²) in [6, 6.07) is 65.9. The van der Waals surface area contributed by atoms with Gasteiger partial charge in [-0.15, -0.1) is 0 Å². The van der Waals surface area contributed by atoms with Crippen molar-refractivity contribution in [1.29, 1.82) is 10.5 Å². The number of benzene rings is 8. The molecule has 11 aromatic rings. The number of fused-ring (bicyclic) bond motifs is 9. The summed E-state index contributed by atoms with van der Waals surface area (Å²) in [4.78, 5) is 0. The Morgan fingerprint density at radius 2 is 0.873 bits per heavy atom. The molecule has 0 saturated carbocycles. The highest BCUT2D eigenvalue weighted by Crippen LogP contribution is 2.42. The largest absolute Gasteiger partial charge is 0.309 e. The lowest BCUT2D eigenvalue weighted by molar-refractivity contribution is 1.15. The summed E-state index contributed by atoms with van der Waals surface area (Å²) in [7, 11) is 0. The molecule has 0 spiro atoms. The van der Waals surface area contributed by atoms with Crippen LogP contribution in [0.1, 0.15) is 11.1 Å². The topological polar surface area (TPSA) is 62.4 Å². The standard InChI is InChI=1S/C50H29N5/c51-30-32-24-26-49(55-47-23-10-3-15-37(47)40-18-11-12-33(31-52)50(40)55)41(28-32)38-16-4-8-21-45(38)54-46-22-9-5-17-39(46)42-29-34(25-27-48(42)54)53-43-19-6-1-13-35(43)36-14-2-7-20-44(36)53/h1-29H. The van der Waals surface area contributed by atoms with Gasteiger partial charge in [-0.05, 0) is 72.8 Å². The normalized spacial score (nSPS) is 11.6. The summed E-state index contributed by atoms with van der Waals surface area (Å²) >= 11 is 0. The summed E-state index contributed by atoms with van der Waals surface area (Å²) in [5.74, 6) is 0. The van der Waals surface area contributed by atoms with E-state index in [2.05, 4.69) is 159 Å². The van der Waals surface area contributed by atoms with E-state index in [9.17, 15) is 10.5 Å². The zero-order valence-corrected chi connectivity index (χ0v) is 29.5. The van der Waals surface area contributed by atoms with Crippen LogP contribution in [-0.2, 0) is 0 Å².